The fourth-order valence-electron chi connectivity index (χ4n) is 1.97. The maximum absolute atomic E-state index is 12.6. The zero-order chi connectivity index (χ0) is 14.9. The first kappa shape index (κ1) is 14.9. The molecule has 0 unspecified atom stereocenters. The van der Waals surface area contributed by atoms with E-state index < -0.39 is 0 Å². The molecule has 0 aliphatic carbocycles. The molecule has 20 heavy (non-hydrogen) atoms. The van der Waals surface area contributed by atoms with E-state index in [4.69, 9.17) is 0 Å². The number of rotatable bonds is 3. The first-order valence-corrected chi connectivity index (χ1v) is 7.55. The number of fused-ring (bicyclic) bond motifs is 1. The third kappa shape index (κ3) is 2.52. The van der Waals surface area contributed by atoms with Crippen molar-refractivity contribution in [3.63, 3.8) is 0 Å². The van der Waals surface area contributed by atoms with Crippen molar-refractivity contribution in [1.82, 2.24) is 4.90 Å². The Labute approximate surface area is 127 Å². The van der Waals surface area contributed by atoms with Crippen molar-refractivity contribution in [1.29, 1.82) is 0 Å². The van der Waals surface area contributed by atoms with Crippen LogP contribution in [0.1, 0.15) is 24.2 Å². The summed E-state index contributed by atoms with van der Waals surface area (Å²) in [6.45, 7) is 3.94. The van der Waals surface area contributed by atoms with E-state index in [0.717, 1.165) is 5.39 Å². The molecule has 1 N–H and O–H groups in total. The third-order valence-electron chi connectivity index (χ3n) is 3.67. The Balaban J connectivity index is 2.48. The molecule has 4 heteroatoms. The Morgan fingerprint density at radius 3 is 2.55 bits per heavy atom. The highest BCUT2D eigenvalue weighted by atomic mass is 79.9. The molecule has 3 nitrogen and oxygen atoms in total. The highest BCUT2D eigenvalue weighted by Gasteiger charge is 2.28. The maximum atomic E-state index is 12.6. The normalized spacial score (nSPS) is 11.6. The van der Waals surface area contributed by atoms with Gasteiger partial charge in [0, 0.05) is 23.3 Å². The summed E-state index contributed by atoms with van der Waals surface area (Å²) in [5, 5.41) is 12.6. The van der Waals surface area contributed by atoms with E-state index in [9.17, 15) is 9.90 Å². The van der Waals surface area contributed by atoms with Crippen LogP contribution in [-0.4, -0.2) is 33.8 Å². The molecule has 0 radical (unpaired) electrons. The molecule has 0 bridgehead atoms. The van der Waals surface area contributed by atoms with Gasteiger partial charge >= 0.3 is 0 Å². The van der Waals surface area contributed by atoms with Crippen LogP contribution in [0.25, 0.3) is 10.8 Å². The van der Waals surface area contributed by atoms with Crippen LogP contribution in [-0.2, 0) is 0 Å². The van der Waals surface area contributed by atoms with Gasteiger partial charge in [0.15, 0.2) is 0 Å². The lowest BCUT2D eigenvalue weighted by molar-refractivity contribution is 0.0661. The number of halogens is 1. The summed E-state index contributed by atoms with van der Waals surface area (Å²) < 4.78 is 0. The number of phenols is 1. The van der Waals surface area contributed by atoms with Crippen LogP contribution in [0, 0.1) is 0 Å². The summed E-state index contributed by atoms with van der Waals surface area (Å²) in [4.78, 5) is 14.2. The Kier molecular flexibility index (Phi) is 4.04. The lowest BCUT2D eigenvalue weighted by atomic mass is 10.0. The topological polar surface area (TPSA) is 40.5 Å². The molecule has 0 fully saturated rings. The second-order valence-corrected chi connectivity index (χ2v) is 6.05. The summed E-state index contributed by atoms with van der Waals surface area (Å²) in [6.07, 6.45) is 0. The fourth-order valence-corrected chi connectivity index (χ4v) is 2.35. The van der Waals surface area contributed by atoms with Gasteiger partial charge in [-0.05, 0) is 25.3 Å². The van der Waals surface area contributed by atoms with Crippen LogP contribution >= 0.6 is 15.9 Å². The van der Waals surface area contributed by atoms with Crippen molar-refractivity contribution in [3.05, 3.63) is 42.0 Å². The third-order valence-corrected chi connectivity index (χ3v) is 5.04. The van der Waals surface area contributed by atoms with Gasteiger partial charge in [-0.3, -0.25) is 4.79 Å². The molecule has 0 spiro atoms. The first-order chi connectivity index (χ1) is 9.38. The Morgan fingerprint density at radius 1 is 1.25 bits per heavy atom. The number of benzene rings is 2. The molecule has 0 heterocycles. The van der Waals surface area contributed by atoms with E-state index >= 15 is 0 Å². The van der Waals surface area contributed by atoms with Gasteiger partial charge in [0.25, 0.3) is 5.91 Å². The van der Waals surface area contributed by atoms with Crippen molar-refractivity contribution in [2.24, 2.45) is 0 Å². The molecule has 1 amide bonds. The number of nitrogens with zero attached hydrogens (tertiary/aromatic N) is 1. The van der Waals surface area contributed by atoms with Crippen molar-refractivity contribution in [2.75, 3.05) is 12.4 Å². The molecular formula is C16H18BrNO2. The van der Waals surface area contributed by atoms with E-state index in [2.05, 4.69) is 15.9 Å². The minimum absolute atomic E-state index is 0.0466. The summed E-state index contributed by atoms with van der Waals surface area (Å²) in [5.41, 5.74) is 0.00930. The minimum Gasteiger partial charge on any atom is -0.506 e. The molecular weight excluding hydrogens is 318 g/mol. The lowest BCUT2D eigenvalue weighted by Crippen LogP contribution is -2.46. The average molecular weight is 336 g/mol. The molecule has 2 rings (SSSR count). The minimum atomic E-state index is -0.324. The molecule has 0 aliphatic rings. The summed E-state index contributed by atoms with van der Waals surface area (Å²) >= 11 is 3.41. The predicted molar refractivity (Wildman–Crippen MR) is 85.6 cm³/mol. The van der Waals surface area contributed by atoms with Gasteiger partial charge < -0.3 is 10.0 Å². The zero-order valence-corrected chi connectivity index (χ0v) is 13.4. The number of carbonyl (C=O) groups excluding carboxylic acids is 1. The van der Waals surface area contributed by atoms with Crippen LogP contribution in [0.3, 0.4) is 0 Å². The van der Waals surface area contributed by atoms with E-state index in [1.807, 2.05) is 44.2 Å². The lowest BCUT2D eigenvalue weighted by Gasteiger charge is -2.34. The van der Waals surface area contributed by atoms with Crippen molar-refractivity contribution < 1.29 is 9.90 Å². The standard InChI is InChI=1S/C16H18BrNO2/c1-16(2,10-17)18(3)15(20)13-9-8-11-6-4-5-7-12(11)14(13)19/h4-9,19H,10H2,1-3H3. The predicted octanol–water partition coefficient (Wildman–Crippen LogP) is 3.79. The number of hydrogen-bond donors (Lipinski definition) is 1. The summed E-state index contributed by atoms with van der Waals surface area (Å²) in [7, 11) is 1.75. The monoisotopic (exact) mass is 335 g/mol. The van der Waals surface area contributed by atoms with E-state index in [1.165, 1.54) is 0 Å². The number of hydrogen-bond acceptors (Lipinski definition) is 2. The number of carbonyl (C=O) groups is 1. The molecule has 0 atom stereocenters. The molecule has 106 valence electrons. The quantitative estimate of drug-likeness (QED) is 0.867. The van der Waals surface area contributed by atoms with Crippen molar-refractivity contribution >= 4 is 32.6 Å². The van der Waals surface area contributed by atoms with Crippen LogP contribution in [0.4, 0.5) is 0 Å². The molecule has 2 aromatic carbocycles. The highest BCUT2D eigenvalue weighted by Crippen LogP contribution is 2.30. The van der Waals surface area contributed by atoms with E-state index in [-0.39, 0.29) is 17.2 Å². The van der Waals surface area contributed by atoms with Gasteiger partial charge in [0.2, 0.25) is 0 Å². The maximum Gasteiger partial charge on any atom is 0.257 e. The first-order valence-electron chi connectivity index (χ1n) is 6.43. The number of aromatic hydroxyl groups is 1. The van der Waals surface area contributed by atoms with Gasteiger partial charge in [-0.15, -0.1) is 0 Å². The van der Waals surface area contributed by atoms with Gasteiger partial charge in [0.1, 0.15) is 5.75 Å². The van der Waals surface area contributed by atoms with Gasteiger partial charge in [0.05, 0.1) is 5.56 Å². The van der Waals surface area contributed by atoms with Gasteiger partial charge in [-0.25, -0.2) is 0 Å². The van der Waals surface area contributed by atoms with E-state index in [0.29, 0.717) is 16.3 Å². The van der Waals surface area contributed by atoms with Gasteiger partial charge in [-0.1, -0.05) is 46.3 Å². The smallest absolute Gasteiger partial charge is 0.257 e. The van der Waals surface area contributed by atoms with Gasteiger partial charge in [-0.2, -0.15) is 0 Å². The molecule has 2 aromatic rings. The largest absolute Gasteiger partial charge is 0.506 e. The van der Waals surface area contributed by atoms with Crippen LogP contribution < -0.4 is 0 Å². The highest BCUT2D eigenvalue weighted by molar-refractivity contribution is 9.09. The number of phenolic OH excluding ortho intramolecular Hbond substituents is 1. The second-order valence-electron chi connectivity index (χ2n) is 5.49. The van der Waals surface area contributed by atoms with Crippen LogP contribution in [0.15, 0.2) is 36.4 Å². The summed E-state index contributed by atoms with van der Waals surface area (Å²) in [6, 6.07) is 11.0. The molecule has 0 saturated heterocycles. The van der Waals surface area contributed by atoms with E-state index in [1.54, 1.807) is 18.0 Å². The Bertz CT molecular complexity index is 652. The number of alkyl halides is 1. The fraction of sp³-hybridized carbons (Fsp3) is 0.312. The molecule has 0 aliphatic heterocycles. The SMILES string of the molecule is CN(C(=O)c1ccc2ccccc2c1O)C(C)(C)CBr. The Hall–Kier alpha value is -1.55. The number of amides is 1. The van der Waals surface area contributed by atoms with Crippen LogP contribution in [0.5, 0.6) is 5.75 Å². The Morgan fingerprint density at radius 2 is 1.90 bits per heavy atom. The molecule has 0 saturated carbocycles. The van der Waals surface area contributed by atoms with Crippen LogP contribution in [0.2, 0.25) is 0 Å². The van der Waals surface area contributed by atoms with Crippen molar-refractivity contribution in [2.45, 2.75) is 19.4 Å². The van der Waals surface area contributed by atoms with Crippen molar-refractivity contribution in [3.8, 4) is 5.75 Å². The summed E-state index contributed by atoms with van der Waals surface area (Å²) in [5.74, 6) is -0.136. The zero-order valence-electron chi connectivity index (χ0n) is 11.9. The molecule has 0 aromatic heterocycles. The average Bonchev–Trinajstić information content (AvgIpc) is 2.46. The second kappa shape index (κ2) is 5.44.